The Morgan fingerprint density at radius 1 is 0.957 bits per heavy atom. The van der Waals surface area contributed by atoms with E-state index in [0.717, 1.165) is 5.56 Å². The van der Waals surface area contributed by atoms with E-state index in [9.17, 15) is 14.7 Å². The molecule has 0 bridgehead atoms. The van der Waals surface area contributed by atoms with E-state index in [1.54, 1.807) is 30.3 Å². The van der Waals surface area contributed by atoms with Crippen LogP contribution in [0.15, 0.2) is 66.1 Å². The molecule has 0 atom stereocenters. The van der Waals surface area contributed by atoms with E-state index in [2.05, 4.69) is 5.32 Å². The standard InChI is InChI=1S/C18H12ClNO3/c19-13-8-6-12(7-9-13)15-16(21)14(20-18(23)17(15)22)10-11-4-2-1-3-5-11/h1-10,21H,(H,20,23)/b14-10-. The summed E-state index contributed by atoms with van der Waals surface area (Å²) in [7, 11) is 0. The molecule has 0 aliphatic carbocycles. The fraction of sp³-hybridized carbons (Fsp3) is 0. The maximum atomic E-state index is 12.1. The second kappa shape index (κ2) is 6.10. The van der Waals surface area contributed by atoms with Crippen molar-refractivity contribution >= 4 is 34.9 Å². The molecule has 2 aromatic rings. The van der Waals surface area contributed by atoms with Gasteiger partial charge in [-0.2, -0.15) is 0 Å². The van der Waals surface area contributed by atoms with Crippen molar-refractivity contribution < 1.29 is 14.7 Å². The van der Waals surface area contributed by atoms with Crippen LogP contribution in [0.4, 0.5) is 0 Å². The maximum absolute atomic E-state index is 12.1. The predicted molar refractivity (Wildman–Crippen MR) is 88.6 cm³/mol. The van der Waals surface area contributed by atoms with Gasteiger partial charge in [-0.3, -0.25) is 9.59 Å². The first kappa shape index (κ1) is 15.1. The number of carbonyl (C=O) groups is 2. The number of Topliss-reactive ketones (excluding diaryl/α,β-unsaturated/α-hetero) is 1. The van der Waals surface area contributed by atoms with Crippen LogP contribution in [0.5, 0.6) is 0 Å². The summed E-state index contributed by atoms with van der Waals surface area (Å²) in [6.45, 7) is 0. The summed E-state index contributed by atoms with van der Waals surface area (Å²) in [6, 6.07) is 15.5. The highest BCUT2D eigenvalue weighted by Crippen LogP contribution is 2.27. The summed E-state index contributed by atoms with van der Waals surface area (Å²) in [6.07, 6.45) is 1.61. The lowest BCUT2D eigenvalue weighted by molar-refractivity contribution is -0.134. The molecule has 1 heterocycles. The van der Waals surface area contributed by atoms with Crippen molar-refractivity contribution in [1.29, 1.82) is 0 Å². The molecule has 4 nitrogen and oxygen atoms in total. The second-order valence-electron chi connectivity index (χ2n) is 4.98. The lowest BCUT2D eigenvalue weighted by Gasteiger charge is -2.19. The van der Waals surface area contributed by atoms with Gasteiger partial charge in [0, 0.05) is 5.02 Å². The highest BCUT2D eigenvalue weighted by molar-refractivity contribution is 6.55. The van der Waals surface area contributed by atoms with Crippen molar-refractivity contribution in [2.45, 2.75) is 0 Å². The molecule has 0 radical (unpaired) electrons. The molecule has 1 amide bonds. The van der Waals surface area contributed by atoms with Gasteiger partial charge in [0.15, 0.2) is 5.76 Å². The number of hydrogen-bond acceptors (Lipinski definition) is 3. The Hall–Kier alpha value is -2.85. The zero-order chi connectivity index (χ0) is 16.4. The quantitative estimate of drug-likeness (QED) is 0.832. The highest BCUT2D eigenvalue weighted by Gasteiger charge is 2.31. The van der Waals surface area contributed by atoms with Crippen LogP contribution in [0.3, 0.4) is 0 Å². The third-order valence-corrected chi connectivity index (χ3v) is 3.67. The van der Waals surface area contributed by atoms with Crippen LogP contribution in [0, 0.1) is 0 Å². The summed E-state index contributed by atoms with van der Waals surface area (Å²) in [5, 5.41) is 13.4. The number of nitrogens with one attached hydrogen (secondary N) is 1. The van der Waals surface area contributed by atoms with Crippen LogP contribution in [0.2, 0.25) is 5.02 Å². The molecule has 2 N–H and O–H groups in total. The minimum absolute atomic E-state index is 0.0346. The van der Waals surface area contributed by atoms with Crippen LogP contribution in [0.25, 0.3) is 11.6 Å². The molecule has 23 heavy (non-hydrogen) atoms. The van der Waals surface area contributed by atoms with Gasteiger partial charge in [0.2, 0.25) is 0 Å². The number of aliphatic hydroxyl groups is 1. The van der Waals surface area contributed by atoms with Gasteiger partial charge in [-0.05, 0) is 29.3 Å². The van der Waals surface area contributed by atoms with Gasteiger partial charge in [0.25, 0.3) is 11.7 Å². The molecule has 2 aromatic carbocycles. The van der Waals surface area contributed by atoms with E-state index in [0.29, 0.717) is 10.6 Å². The normalized spacial score (nSPS) is 16.7. The van der Waals surface area contributed by atoms with E-state index in [1.165, 1.54) is 0 Å². The van der Waals surface area contributed by atoms with Gasteiger partial charge in [-0.1, -0.05) is 54.1 Å². The molecule has 1 aliphatic heterocycles. The van der Waals surface area contributed by atoms with Crippen molar-refractivity contribution in [3.63, 3.8) is 0 Å². The highest BCUT2D eigenvalue weighted by atomic mass is 35.5. The summed E-state index contributed by atoms with van der Waals surface area (Å²) in [5.41, 5.74) is 1.38. The van der Waals surface area contributed by atoms with E-state index in [4.69, 9.17) is 11.6 Å². The lowest BCUT2D eigenvalue weighted by atomic mass is 9.95. The molecule has 0 unspecified atom stereocenters. The number of amides is 1. The van der Waals surface area contributed by atoms with E-state index < -0.39 is 11.7 Å². The van der Waals surface area contributed by atoms with Gasteiger partial charge in [-0.15, -0.1) is 0 Å². The van der Waals surface area contributed by atoms with Crippen LogP contribution in [-0.4, -0.2) is 16.8 Å². The monoisotopic (exact) mass is 325 g/mol. The van der Waals surface area contributed by atoms with E-state index >= 15 is 0 Å². The number of ketones is 1. The zero-order valence-corrected chi connectivity index (χ0v) is 12.7. The number of hydrogen-bond donors (Lipinski definition) is 2. The molecule has 3 rings (SSSR count). The molecule has 0 saturated heterocycles. The molecule has 1 aliphatic rings. The van der Waals surface area contributed by atoms with Gasteiger partial charge in [0.1, 0.15) is 0 Å². The molecule has 0 aromatic heterocycles. The summed E-state index contributed by atoms with van der Waals surface area (Å²) in [5.74, 6) is -1.83. The molecule has 0 saturated carbocycles. The molecular weight excluding hydrogens is 314 g/mol. The fourth-order valence-electron chi connectivity index (χ4n) is 2.30. The lowest BCUT2D eigenvalue weighted by Crippen LogP contribution is -2.37. The maximum Gasteiger partial charge on any atom is 0.297 e. The Bertz CT molecular complexity index is 836. The predicted octanol–water partition coefficient (Wildman–Crippen LogP) is 3.35. The molecule has 0 fully saturated rings. The minimum Gasteiger partial charge on any atom is -0.505 e. The molecular formula is C18H12ClNO3. The van der Waals surface area contributed by atoms with Gasteiger partial charge >= 0.3 is 0 Å². The molecule has 114 valence electrons. The number of benzene rings is 2. The van der Waals surface area contributed by atoms with E-state index in [1.807, 2.05) is 30.3 Å². The number of halogens is 1. The smallest absolute Gasteiger partial charge is 0.297 e. The fourth-order valence-corrected chi connectivity index (χ4v) is 2.42. The summed E-state index contributed by atoms with van der Waals surface area (Å²) >= 11 is 5.83. The van der Waals surface area contributed by atoms with Gasteiger partial charge in [0.05, 0.1) is 11.3 Å². The summed E-state index contributed by atoms with van der Waals surface area (Å²) in [4.78, 5) is 24.0. The number of rotatable bonds is 2. The second-order valence-corrected chi connectivity index (χ2v) is 5.42. The first-order valence-electron chi connectivity index (χ1n) is 6.88. The average Bonchev–Trinajstić information content (AvgIpc) is 2.55. The number of carbonyl (C=O) groups excluding carboxylic acids is 2. The first-order valence-corrected chi connectivity index (χ1v) is 7.26. The summed E-state index contributed by atoms with van der Waals surface area (Å²) < 4.78 is 0. The van der Waals surface area contributed by atoms with E-state index in [-0.39, 0.29) is 17.0 Å². The van der Waals surface area contributed by atoms with Crippen molar-refractivity contribution in [2.75, 3.05) is 0 Å². The SMILES string of the molecule is O=C1N/C(=C\c2ccccc2)C(O)=C(c2ccc(Cl)cc2)C1=O. The first-order chi connectivity index (χ1) is 11.1. The number of aliphatic hydroxyl groups excluding tert-OH is 1. The van der Waals surface area contributed by atoms with Crippen molar-refractivity contribution in [3.05, 3.63) is 82.2 Å². The Morgan fingerprint density at radius 2 is 1.61 bits per heavy atom. The zero-order valence-electron chi connectivity index (χ0n) is 11.9. The molecule has 5 heteroatoms. The Kier molecular flexibility index (Phi) is 4.00. The van der Waals surface area contributed by atoms with Crippen LogP contribution >= 0.6 is 11.6 Å². The minimum atomic E-state index is -0.782. The largest absolute Gasteiger partial charge is 0.505 e. The molecule has 0 spiro atoms. The topological polar surface area (TPSA) is 66.4 Å². The Labute approximate surface area is 137 Å². The Balaban J connectivity index is 2.12. The van der Waals surface area contributed by atoms with Crippen molar-refractivity contribution in [2.24, 2.45) is 0 Å². The third-order valence-electron chi connectivity index (χ3n) is 3.42. The van der Waals surface area contributed by atoms with Crippen molar-refractivity contribution in [3.8, 4) is 0 Å². The van der Waals surface area contributed by atoms with Crippen LogP contribution in [0.1, 0.15) is 11.1 Å². The van der Waals surface area contributed by atoms with Crippen molar-refractivity contribution in [1.82, 2.24) is 5.32 Å². The Morgan fingerprint density at radius 3 is 2.26 bits per heavy atom. The van der Waals surface area contributed by atoms with Gasteiger partial charge in [-0.25, -0.2) is 0 Å². The van der Waals surface area contributed by atoms with Crippen LogP contribution in [-0.2, 0) is 9.59 Å². The third kappa shape index (κ3) is 3.03. The van der Waals surface area contributed by atoms with Crippen LogP contribution < -0.4 is 5.32 Å². The van der Waals surface area contributed by atoms with Gasteiger partial charge < -0.3 is 10.4 Å². The average molecular weight is 326 g/mol.